The average Bonchev–Trinajstić information content (AvgIpc) is 2.44. The molecule has 0 rings (SSSR count). The zero-order valence-corrected chi connectivity index (χ0v) is 12.3. The van der Waals surface area contributed by atoms with Crippen LogP contribution in [-0.2, 0) is 28.6 Å². The summed E-state index contributed by atoms with van der Waals surface area (Å²) in [5.74, 6) is -1.36. The highest BCUT2D eigenvalue weighted by Crippen LogP contribution is 1.99. The highest BCUT2D eigenvalue weighted by molar-refractivity contribution is 5.78. The van der Waals surface area contributed by atoms with Crippen molar-refractivity contribution in [2.24, 2.45) is 0 Å². The molecule has 120 valence electrons. The van der Waals surface area contributed by atoms with Crippen molar-refractivity contribution in [1.29, 1.82) is 0 Å². The number of carbonyl (C=O) groups excluding carboxylic acids is 4. The minimum atomic E-state index is -1.07. The van der Waals surface area contributed by atoms with Crippen molar-refractivity contribution in [2.45, 2.75) is 25.9 Å². The third-order valence-electron chi connectivity index (χ3n) is 2.22. The number of hydrogen-bond donors (Lipinski definition) is 2. The van der Waals surface area contributed by atoms with Crippen molar-refractivity contribution in [2.75, 3.05) is 27.3 Å². The summed E-state index contributed by atoms with van der Waals surface area (Å²) in [6.07, 6.45) is -1.70. The molecule has 2 N–H and O–H groups in total. The van der Waals surface area contributed by atoms with Gasteiger partial charge in [0.25, 0.3) is 0 Å². The topological polar surface area (TPSA) is 120 Å². The molecule has 1 unspecified atom stereocenters. The van der Waals surface area contributed by atoms with E-state index in [1.807, 2.05) is 0 Å². The van der Waals surface area contributed by atoms with E-state index in [4.69, 9.17) is 4.74 Å². The van der Waals surface area contributed by atoms with Crippen LogP contribution in [0, 0.1) is 0 Å². The van der Waals surface area contributed by atoms with Crippen LogP contribution in [0.3, 0.4) is 0 Å². The summed E-state index contributed by atoms with van der Waals surface area (Å²) in [7, 11) is 2.92. The summed E-state index contributed by atoms with van der Waals surface area (Å²) in [5, 5.41) is 4.74. The second-order valence-corrected chi connectivity index (χ2v) is 3.99. The molecule has 0 aromatic carbocycles. The van der Waals surface area contributed by atoms with Crippen LogP contribution >= 0.6 is 0 Å². The summed E-state index contributed by atoms with van der Waals surface area (Å²) in [6, 6.07) is 0. The van der Waals surface area contributed by atoms with Crippen LogP contribution in [0.15, 0.2) is 0 Å². The molecule has 0 heterocycles. The molecule has 0 aliphatic heterocycles. The fourth-order valence-electron chi connectivity index (χ4n) is 1.17. The van der Waals surface area contributed by atoms with E-state index in [-0.39, 0.29) is 31.3 Å². The monoisotopic (exact) mass is 304 g/mol. The lowest BCUT2D eigenvalue weighted by atomic mass is 10.3. The molecule has 0 aliphatic carbocycles. The number of amides is 2. The van der Waals surface area contributed by atoms with Gasteiger partial charge in [0.15, 0.2) is 6.61 Å². The molecule has 21 heavy (non-hydrogen) atoms. The van der Waals surface area contributed by atoms with Crippen LogP contribution in [0.2, 0.25) is 0 Å². The smallest absolute Gasteiger partial charge is 0.460 e. The zero-order chi connectivity index (χ0) is 16.3. The molecule has 0 fully saturated rings. The quantitative estimate of drug-likeness (QED) is 0.571. The largest absolute Gasteiger partial charge is 0.508 e. The Morgan fingerprint density at radius 1 is 1.00 bits per heavy atom. The van der Waals surface area contributed by atoms with E-state index < -0.39 is 24.8 Å². The van der Waals surface area contributed by atoms with Crippen molar-refractivity contribution in [3.05, 3.63) is 0 Å². The number of esters is 1. The van der Waals surface area contributed by atoms with Crippen LogP contribution in [0.5, 0.6) is 0 Å². The Kier molecular flexibility index (Phi) is 9.31. The Hall–Kier alpha value is -2.32. The van der Waals surface area contributed by atoms with E-state index in [2.05, 4.69) is 20.1 Å². The SMILES string of the molecule is CNC(=O)CCOC(=O)OCC(=O)OC(C)CC(=O)NC. The van der Waals surface area contributed by atoms with Gasteiger partial charge in [-0.1, -0.05) is 0 Å². The van der Waals surface area contributed by atoms with Crippen LogP contribution < -0.4 is 10.6 Å². The van der Waals surface area contributed by atoms with Gasteiger partial charge in [-0.25, -0.2) is 9.59 Å². The van der Waals surface area contributed by atoms with Crippen molar-refractivity contribution in [3.63, 3.8) is 0 Å². The van der Waals surface area contributed by atoms with E-state index in [1.54, 1.807) is 0 Å². The van der Waals surface area contributed by atoms with Gasteiger partial charge < -0.3 is 24.8 Å². The maximum Gasteiger partial charge on any atom is 0.508 e. The minimum Gasteiger partial charge on any atom is -0.460 e. The van der Waals surface area contributed by atoms with E-state index in [0.29, 0.717) is 0 Å². The van der Waals surface area contributed by atoms with Crippen molar-refractivity contribution in [1.82, 2.24) is 10.6 Å². The van der Waals surface area contributed by atoms with Crippen LogP contribution in [0.4, 0.5) is 4.79 Å². The molecule has 0 aromatic rings. The van der Waals surface area contributed by atoms with Crippen LogP contribution in [0.1, 0.15) is 19.8 Å². The molecule has 0 bridgehead atoms. The molecule has 9 heteroatoms. The highest BCUT2D eigenvalue weighted by Gasteiger charge is 2.15. The predicted octanol–water partition coefficient (Wildman–Crippen LogP) is -0.656. The lowest BCUT2D eigenvalue weighted by Crippen LogP contribution is -2.27. The summed E-state index contributed by atoms with van der Waals surface area (Å²) in [4.78, 5) is 44.3. The standard InChI is InChI=1S/C12H20N2O7/c1-8(6-10(16)14-3)21-11(17)7-20-12(18)19-5-4-9(15)13-2/h8H,4-7H2,1-3H3,(H,13,15)(H,14,16). The van der Waals surface area contributed by atoms with Crippen LogP contribution in [0.25, 0.3) is 0 Å². The summed E-state index contributed by atoms with van der Waals surface area (Å²) in [5.41, 5.74) is 0. The molecule has 9 nitrogen and oxygen atoms in total. The number of hydrogen-bond acceptors (Lipinski definition) is 7. The first kappa shape index (κ1) is 18.7. The molecule has 0 aliphatic rings. The van der Waals surface area contributed by atoms with Gasteiger partial charge in [-0.2, -0.15) is 0 Å². The first-order chi connectivity index (χ1) is 9.88. The number of ether oxygens (including phenoxy) is 3. The number of rotatable bonds is 8. The Labute approximate surface area is 122 Å². The number of nitrogens with one attached hydrogen (secondary N) is 2. The molecule has 0 saturated heterocycles. The summed E-state index contributed by atoms with van der Waals surface area (Å²) in [6.45, 7) is 0.756. The zero-order valence-electron chi connectivity index (χ0n) is 12.3. The van der Waals surface area contributed by atoms with Crippen LogP contribution in [-0.4, -0.2) is 57.4 Å². The number of carbonyl (C=O) groups is 4. The second kappa shape index (κ2) is 10.5. The van der Waals surface area contributed by atoms with E-state index in [1.165, 1.54) is 21.0 Å². The lowest BCUT2D eigenvalue weighted by Gasteiger charge is -2.12. The highest BCUT2D eigenvalue weighted by atomic mass is 16.7. The summed E-state index contributed by atoms with van der Waals surface area (Å²) >= 11 is 0. The van der Waals surface area contributed by atoms with E-state index >= 15 is 0 Å². The van der Waals surface area contributed by atoms with Gasteiger partial charge in [0.05, 0.1) is 12.8 Å². The van der Waals surface area contributed by atoms with E-state index in [9.17, 15) is 19.2 Å². The molecule has 0 spiro atoms. The fourth-order valence-corrected chi connectivity index (χ4v) is 1.17. The van der Waals surface area contributed by atoms with Gasteiger partial charge in [0, 0.05) is 14.1 Å². The van der Waals surface area contributed by atoms with Gasteiger partial charge in [-0.15, -0.1) is 0 Å². The maximum atomic E-state index is 11.3. The normalized spacial score (nSPS) is 11.0. The van der Waals surface area contributed by atoms with Gasteiger partial charge in [-0.05, 0) is 6.92 Å². The Bertz CT molecular complexity index is 384. The van der Waals surface area contributed by atoms with Crippen molar-refractivity contribution < 1.29 is 33.4 Å². The molecular formula is C12H20N2O7. The first-order valence-electron chi connectivity index (χ1n) is 6.29. The molecule has 0 radical (unpaired) electrons. The molecule has 2 amide bonds. The minimum absolute atomic E-state index is 0.000784. The van der Waals surface area contributed by atoms with Crippen molar-refractivity contribution in [3.8, 4) is 0 Å². The predicted molar refractivity (Wildman–Crippen MR) is 70.2 cm³/mol. The van der Waals surface area contributed by atoms with Gasteiger partial charge in [-0.3, -0.25) is 9.59 Å². The Morgan fingerprint density at radius 3 is 2.19 bits per heavy atom. The molecule has 1 atom stereocenters. The molecular weight excluding hydrogens is 284 g/mol. The first-order valence-corrected chi connectivity index (χ1v) is 6.29. The molecule has 0 saturated carbocycles. The van der Waals surface area contributed by atoms with Gasteiger partial charge in [0.2, 0.25) is 11.8 Å². The average molecular weight is 304 g/mol. The lowest BCUT2D eigenvalue weighted by molar-refractivity contribution is -0.153. The maximum absolute atomic E-state index is 11.3. The Morgan fingerprint density at radius 2 is 1.62 bits per heavy atom. The molecule has 0 aromatic heterocycles. The third-order valence-corrected chi connectivity index (χ3v) is 2.22. The van der Waals surface area contributed by atoms with Gasteiger partial charge in [0.1, 0.15) is 12.7 Å². The summed E-state index contributed by atoms with van der Waals surface area (Å²) < 4.78 is 13.9. The van der Waals surface area contributed by atoms with Crippen molar-refractivity contribution >= 4 is 23.9 Å². The van der Waals surface area contributed by atoms with Gasteiger partial charge >= 0.3 is 12.1 Å². The van der Waals surface area contributed by atoms with E-state index in [0.717, 1.165) is 0 Å². The Balaban J connectivity index is 3.79. The third kappa shape index (κ3) is 10.2. The fraction of sp³-hybridized carbons (Fsp3) is 0.667. The second-order valence-electron chi connectivity index (χ2n) is 3.99.